The molecule has 0 aliphatic carbocycles. The van der Waals surface area contributed by atoms with E-state index in [0.29, 0.717) is 18.6 Å². The van der Waals surface area contributed by atoms with Gasteiger partial charge in [0.2, 0.25) is 0 Å². The molecule has 0 bridgehead atoms. The average Bonchev–Trinajstić information content (AvgIpc) is 2.91. The fourth-order valence-corrected chi connectivity index (χ4v) is 2.77. The Labute approximate surface area is 113 Å². The topological polar surface area (TPSA) is 47.4 Å². The first-order valence-electron chi connectivity index (χ1n) is 7.20. The monoisotopic (exact) mass is 263 g/mol. The number of aromatic nitrogens is 2. The summed E-state index contributed by atoms with van der Waals surface area (Å²) in [5.41, 5.74) is 1.21. The lowest BCUT2D eigenvalue weighted by molar-refractivity contribution is -0.121. The largest absolute Gasteiger partial charge is 0.357 e. The molecule has 1 aromatic rings. The molecular formula is C14H21N3O2. The SMILES string of the molecule is O=C1CCN(Cc2cnn(C3CCCCO3)c2)CC1. The summed E-state index contributed by atoms with van der Waals surface area (Å²) in [6.45, 7) is 3.49. The van der Waals surface area contributed by atoms with Crippen LogP contribution in [0.25, 0.3) is 0 Å². The van der Waals surface area contributed by atoms with E-state index in [-0.39, 0.29) is 6.23 Å². The van der Waals surface area contributed by atoms with Gasteiger partial charge in [-0.15, -0.1) is 0 Å². The van der Waals surface area contributed by atoms with Gasteiger partial charge in [-0.25, -0.2) is 4.68 Å². The van der Waals surface area contributed by atoms with Crippen LogP contribution in [0.4, 0.5) is 0 Å². The molecule has 0 amide bonds. The summed E-state index contributed by atoms with van der Waals surface area (Å²) in [5.74, 6) is 0.391. The predicted octanol–water partition coefficient (Wildman–Crippen LogP) is 1.75. The number of nitrogens with zero attached hydrogens (tertiary/aromatic N) is 3. The Morgan fingerprint density at radius 1 is 1.32 bits per heavy atom. The molecule has 2 saturated heterocycles. The van der Waals surface area contributed by atoms with Crippen molar-refractivity contribution in [2.24, 2.45) is 0 Å². The molecule has 1 atom stereocenters. The number of rotatable bonds is 3. The smallest absolute Gasteiger partial charge is 0.150 e. The molecule has 2 aliphatic heterocycles. The molecular weight excluding hydrogens is 242 g/mol. The van der Waals surface area contributed by atoms with E-state index in [0.717, 1.165) is 39.1 Å². The van der Waals surface area contributed by atoms with Crippen molar-refractivity contribution in [1.29, 1.82) is 0 Å². The maximum Gasteiger partial charge on any atom is 0.150 e. The number of carbonyl (C=O) groups excluding carboxylic acids is 1. The first kappa shape index (κ1) is 12.8. The molecule has 0 N–H and O–H groups in total. The van der Waals surface area contributed by atoms with E-state index in [1.165, 1.54) is 12.0 Å². The van der Waals surface area contributed by atoms with Crippen LogP contribution in [0.3, 0.4) is 0 Å². The number of ketones is 1. The van der Waals surface area contributed by atoms with Crippen LogP contribution in [0.15, 0.2) is 12.4 Å². The number of ether oxygens (including phenoxy) is 1. The second kappa shape index (κ2) is 5.84. The molecule has 0 spiro atoms. The standard InChI is InChI=1S/C14H21N3O2/c18-13-4-6-16(7-5-13)10-12-9-15-17(11-12)14-3-1-2-8-19-14/h9,11,14H,1-8,10H2. The molecule has 5 heteroatoms. The Bertz CT molecular complexity index is 428. The summed E-state index contributed by atoms with van der Waals surface area (Å²) in [6, 6.07) is 0. The normalized spacial score (nSPS) is 25.7. The Kier molecular flexibility index (Phi) is 3.94. The molecule has 5 nitrogen and oxygen atoms in total. The van der Waals surface area contributed by atoms with E-state index >= 15 is 0 Å². The molecule has 1 aromatic heterocycles. The molecule has 1 unspecified atom stereocenters. The van der Waals surface area contributed by atoms with Crippen LogP contribution in [0, 0.1) is 0 Å². The Morgan fingerprint density at radius 2 is 2.16 bits per heavy atom. The van der Waals surface area contributed by atoms with Crippen LogP contribution >= 0.6 is 0 Å². The summed E-state index contributed by atoms with van der Waals surface area (Å²) < 4.78 is 7.67. The number of likely N-dealkylation sites (tertiary alicyclic amines) is 1. The number of hydrogen-bond donors (Lipinski definition) is 0. The molecule has 104 valence electrons. The minimum absolute atomic E-state index is 0.116. The predicted molar refractivity (Wildman–Crippen MR) is 70.6 cm³/mol. The van der Waals surface area contributed by atoms with Gasteiger partial charge < -0.3 is 4.74 Å². The third-order valence-electron chi connectivity index (χ3n) is 3.93. The molecule has 0 saturated carbocycles. The van der Waals surface area contributed by atoms with Gasteiger partial charge in [0, 0.05) is 50.8 Å². The molecule has 0 radical (unpaired) electrons. The summed E-state index contributed by atoms with van der Waals surface area (Å²) in [5, 5.41) is 4.42. The Hall–Kier alpha value is -1.20. The zero-order valence-electron chi connectivity index (χ0n) is 11.3. The Morgan fingerprint density at radius 3 is 2.89 bits per heavy atom. The highest BCUT2D eigenvalue weighted by Gasteiger charge is 2.19. The van der Waals surface area contributed by atoms with Crippen LogP contribution < -0.4 is 0 Å². The van der Waals surface area contributed by atoms with Crippen LogP contribution in [0.5, 0.6) is 0 Å². The maximum absolute atomic E-state index is 11.2. The molecule has 0 aromatic carbocycles. The van der Waals surface area contributed by atoms with E-state index in [4.69, 9.17) is 4.74 Å². The van der Waals surface area contributed by atoms with Gasteiger partial charge >= 0.3 is 0 Å². The maximum atomic E-state index is 11.2. The van der Waals surface area contributed by atoms with Crippen molar-refractivity contribution in [3.05, 3.63) is 18.0 Å². The minimum Gasteiger partial charge on any atom is -0.357 e. The number of carbonyl (C=O) groups is 1. The zero-order chi connectivity index (χ0) is 13.1. The van der Waals surface area contributed by atoms with Crippen LogP contribution in [0.1, 0.15) is 43.9 Å². The molecule has 2 fully saturated rings. The van der Waals surface area contributed by atoms with E-state index in [1.807, 2.05) is 10.9 Å². The van der Waals surface area contributed by atoms with Crippen LogP contribution in [-0.4, -0.2) is 40.2 Å². The van der Waals surface area contributed by atoms with Crippen molar-refractivity contribution in [3.63, 3.8) is 0 Å². The van der Waals surface area contributed by atoms with Gasteiger partial charge in [-0.3, -0.25) is 9.69 Å². The molecule has 2 aliphatic rings. The quantitative estimate of drug-likeness (QED) is 0.833. The third-order valence-corrected chi connectivity index (χ3v) is 3.93. The van der Waals surface area contributed by atoms with E-state index in [2.05, 4.69) is 16.2 Å². The second-order valence-corrected chi connectivity index (χ2v) is 5.46. The minimum atomic E-state index is 0.116. The van der Waals surface area contributed by atoms with Crippen molar-refractivity contribution in [2.45, 2.75) is 44.9 Å². The van der Waals surface area contributed by atoms with Crippen LogP contribution in [0.2, 0.25) is 0 Å². The van der Waals surface area contributed by atoms with Gasteiger partial charge in [0.15, 0.2) is 0 Å². The zero-order valence-corrected chi connectivity index (χ0v) is 11.3. The van der Waals surface area contributed by atoms with Crippen LogP contribution in [-0.2, 0) is 16.1 Å². The first-order chi connectivity index (χ1) is 9.31. The number of hydrogen-bond acceptors (Lipinski definition) is 4. The van der Waals surface area contributed by atoms with Crippen molar-refractivity contribution >= 4 is 5.78 Å². The molecule has 19 heavy (non-hydrogen) atoms. The first-order valence-corrected chi connectivity index (χ1v) is 7.20. The van der Waals surface area contributed by atoms with Gasteiger partial charge in [0.25, 0.3) is 0 Å². The highest BCUT2D eigenvalue weighted by atomic mass is 16.5. The van der Waals surface area contributed by atoms with Gasteiger partial charge in [-0.05, 0) is 19.3 Å². The van der Waals surface area contributed by atoms with Crippen molar-refractivity contribution in [1.82, 2.24) is 14.7 Å². The molecule has 3 heterocycles. The lowest BCUT2D eigenvalue weighted by Gasteiger charge is -2.25. The van der Waals surface area contributed by atoms with Crippen molar-refractivity contribution in [3.8, 4) is 0 Å². The highest BCUT2D eigenvalue weighted by Crippen LogP contribution is 2.22. The van der Waals surface area contributed by atoms with Gasteiger partial charge in [-0.1, -0.05) is 0 Å². The summed E-state index contributed by atoms with van der Waals surface area (Å²) in [7, 11) is 0. The average molecular weight is 263 g/mol. The fraction of sp³-hybridized carbons (Fsp3) is 0.714. The van der Waals surface area contributed by atoms with Gasteiger partial charge in [0.05, 0.1) is 6.20 Å². The lowest BCUT2D eigenvalue weighted by Crippen LogP contribution is -2.33. The summed E-state index contributed by atoms with van der Waals surface area (Å²) >= 11 is 0. The van der Waals surface area contributed by atoms with Crippen molar-refractivity contribution in [2.75, 3.05) is 19.7 Å². The van der Waals surface area contributed by atoms with E-state index in [9.17, 15) is 4.79 Å². The lowest BCUT2D eigenvalue weighted by atomic mass is 10.1. The molecule has 3 rings (SSSR count). The highest BCUT2D eigenvalue weighted by molar-refractivity contribution is 5.79. The Balaban J connectivity index is 1.57. The van der Waals surface area contributed by atoms with Gasteiger partial charge in [0.1, 0.15) is 12.0 Å². The summed E-state index contributed by atoms with van der Waals surface area (Å²) in [6.07, 6.45) is 8.95. The fourth-order valence-electron chi connectivity index (χ4n) is 2.77. The van der Waals surface area contributed by atoms with Gasteiger partial charge in [-0.2, -0.15) is 5.10 Å². The number of Topliss-reactive ketones (excluding diaryl/α,β-unsaturated/α-hetero) is 1. The van der Waals surface area contributed by atoms with Crippen molar-refractivity contribution < 1.29 is 9.53 Å². The second-order valence-electron chi connectivity index (χ2n) is 5.46. The summed E-state index contributed by atoms with van der Waals surface area (Å²) in [4.78, 5) is 13.5. The number of piperidine rings is 1. The van der Waals surface area contributed by atoms with E-state index in [1.54, 1.807) is 0 Å². The third kappa shape index (κ3) is 3.22. The van der Waals surface area contributed by atoms with E-state index < -0.39 is 0 Å².